The predicted molar refractivity (Wildman–Crippen MR) is 102 cm³/mol. The third kappa shape index (κ3) is 2.99. The van der Waals surface area contributed by atoms with Crippen LogP contribution in [0.1, 0.15) is 24.4 Å². The average molecular weight is 378 g/mol. The Hall–Kier alpha value is -3.08. The van der Waals surface area contributed by atoms with E-state index in [4.69, 9.17) is 0 Å². The summed E-state index contributed by atoms with van der Waals surface area (Å²) in [6.07, 6.45) is 3.44. The number of aliphatic hydroxyl groups is 1. The van der Waals surface area contributed by atoms with Crippen LogP contribution in [0.2, 0.25) is 0 Å². The molecule has 3 heterocycles. The Morgan fingerprint density at radius 1 is 1.22 bits per heavy atom. The Bertz CT molecular complexity index is 1200. The number of imidazole rings is 1. The van der Waals surface area contributed by atoms with E-state index < -0.39 is 5.60 Å². The lowest BCUT2D eigenvalue weighted by atomic mass is 10.0. The second kappa shape index (κ2) is 6.27. The van der Waals surface area contributed by atoms with Gasteiger partial charge in [0, 0.05) is 22.9 Å². The summed E-state index contributed by atoms with van der Waals surface area (Å²) in [5.41, 5.74) is 1.91. The Balaban J connectivity index is 1.85. The van der Waals surface area contributed by atoms with Crippen molar-refractivity contribution < 1.29 is 9.50 Å². The Kier molecular flexibility index (Phi) is 4.02. The number of hydrogen-bond acceptors (Lipinski definition) is 5. The molecule has 0 aliphatic carbocycles. The molecule has 0 bridgehead atoms. The van der Waals surface area contributed by atoms with Crippen LogP contribution >= 0.6 is 11.3 Å². The maximum absolute atomic E-state index is 14.4. The maximum Gasteiger partial charge on any atom is 0.234 e. The van der Waals surface area contributed by atoms with E-state index in [0.29, 0.717) is 27.5 Å². The fourth-order valence-corrected chi connectivity index (χ4v) is 3.62. The molecule has 0 atom stereocenters. The van der Waals surface area contributed by atoms with Gasteiger partial charge in [-0.1, -0.05) is 0 Å². The lowest BCUT2D eigenvalue weighted by Crippen LogP contribution is -2.18. The van der Waals surface area contributed by atoms with Crippen molar-refractivity contribution in [2.75, 3.05) is 0 Å². The molecule has 7 heteroatoms. The summed E-state index contributed by atoms with van der Waals surface area (Å²) >= 11 is 1.28. The van der Waals surface area contributed by atoms with Gasteiger partial charge in [0.2, 0.25) is 5.78 Å². The van der Waals surface area contributed by atoms with E-state index in [-0.39, 0.29) is 5.82 Å². The Morgan fingerprint density at radius 3 is 2.78 bits per heavy atom. The molecule has 0 fully saturated rings. The summed E-state index contributed by atoms with van der Waals surface area (Å²) in [5.74, 6) is 0.0636. The second-order valence-corrected chi connectivity index (χ2v) is 7.57. The zero-order valence-electron chi connectivity index (χ0n) is 14.6. The van der Waals surface area contributed by atoms with Crippen LogP contribution in [-0.2, 0) is 5.60 Å². The first-order chi connectivity index (χ1) is 12.9. The Labute approximate surface area is 159 Å². The summed E-state index contributed by atoms with van der Waals surface area (Å²) in [6, 6.07) is 10.4. The van der Waals surface area contributed by atoms with Crippen LogP contribution < -0.4 is 0 Å². The largest absolute Gasteiger partial charge is 0.384 e. The number of benzene rings is 1. The molecule has 134 valence electrons. The maximum atomic E-state index is 14.4. The number of fused-ring (bicyclic) bond motifs is 1. The van der Waals surface area contributed by atoms with Crippen molar-refractivity contribution in [2.45, 2.75) is 19.4 Å². The molecule has 1 aromatic carbocycles. The standard InChI is InChI=1S/C20H15FN4OS/c1-20(2,26)18-5-7-25-16(11-23-19(25)24-18)12-3-4-15(21)14(9-12)13-6-8-27-17(13)10-22/h3-9,11,26H,1-2H3. The van der Waals surface area contributed by atoms with Gasteiger partial charge in [-0.3, -0.25) is 4.40 Å². The lowest BCUT2D eigenvalue weighted by Gasteiger charge is -2.16. The summed E-state index contributed by atoms with van der Waals surface area (Å²) in [4.78, 5) is 9.18. The topological polar surface area (TPSA) is 74.2 Å². The molecular formula is C20H15FN4OS. The molecule has 0 radical (unpaired) electrons. The molecule has 0 aliphatic heterocycles. The van der Waals surface area contributed by atoms with Crippen LogP contribution in [0.4, 0.5) is 4.39 Å². The van der Waals surface area contributed by atoms with Gasteiger partial charge in [0.15, 0.2) is 0 Å². The van der Waals surface area contributed by atoms with Gasteiger partial charge in [-0.05, 0) is 49.6 Å². The number of aromatic nitrogens is 3. The van der Waals surface area contributed by atoms with E-state index >= 15 is 0 Å². The first-order valence-electron chi connectivity index (χ1n) is 8.23. The van der Waals surface area contributed by atoms with Crippen LogP contribution in [-0.4, -0.2) is 19.5 Å². The molecule has 4 rings (SSSR count). The van der Waals surface area contributed by atoms with E-state index in [1.54, 1.807) is 60.3 Å². The molecule has 0 amide bonds. The van der Waals surface area contributed by atoms with Gasteiger partial charge in [0.1, 0.15) is 22.4 Å². The summed E-state index contributed by atoms with van der Waals surface area (Å²) in [7, 11) is 0. The molecule has 0 spiro atoms. The van der Waals surface area contributed by atoms with Crippen LogP contribution in [0.15, 0.2) is 48.1 Å². The van der Waals surface area contributed by atoms with Gasteiger partial charge in [-0.25, -0.2) is 14.4 Å². The minimum absolute atomic E-state index is 0.376. The van der Waals surface area contributed by atoms with Crippen molar-refractivity contribution in [3.63, 3.8) is 0 Å². The van der Waals surface area contributed by atoms with Gasteiger partial charge in [-0.2, -0.15) is 5.26 Å². The average Bonchev–Trinajstić information content (AvgIpc) is 3.27. The van der Waals surface area contributed by atoms with Crippen molar-refractivity contribution in [1.82, 2.24) is 14.4 Å². The normalized spacial score (nSPS) is 11.7. The highest BCUT2D eigenvalue weighted by atomic mass is 32.1. The van der Waals surface area contributed by atoms with Crippen molar-refractivity contribution in [3.8, 4) is 28.5 Å². The highest BCUT2D eigenvalue weighted by Crippen LogP contribution is 2.33. The molecule has 1 N–H and O–H groups in total. The van der Waals surface area contributed by atoms with E-state index in [0.717, 1.165) is 11.3 Å². The molecule has 4 aromatic rings. The quantitative estimate of drug-likeness (QED) is 0.575. The number of rotatable bonds is 3. The highest BCUT2D eigenvalue weighted by Gasteiger charge is 2.20. The van der Waals surface area contributed by atoms with Crippen molar-refractivity contribution in [2.24, 2.45) is 0 Å². The molecule has 0 aliphatic rings. The highest BCUT2D eigenvalue weighted by molar-refractivity contribution is 7.11. The zero-order valence-corrected chi connectivity index (χ0v) is 15.5. The summed E-state index contributed by atoms with van der Waals surface area (Å²) in [6.45, 7) is 3.32. The third-order valence-electron chi connectivity index (χ3n) is 4.33. The number of nitriles is 1. The van der Waals surface area contributed by atoms with E-state index in [2.05, 4.69) is 16.0 Å². The number of nitrogens with zero attached hydrogens (tertiary/aromatic N) is 4. The fraction of sp³-hybridized carbons (Fsp3) is 0.150. The molecule has 0 unspecified atom stereocenters. The molecule has 5 nitrogen and oxygen atoms in total. The van der Waals surface area contributed by atoms with Gasteiger partial charge in [-0.15, -0.1) is 11.3 Å². The fourth-order valence-electron chi connectivity index (χ4n) is 2.92. The monoisotopic (exact) mass is 378 g/mol. The number of thiophene rings is 1. The van der Waals surface area contributed by atoms with Crippen LogP contribution in [0.3, 0.4) is 0 Å². The number of hydrogen-bond donors (Lipinski definition) is 1. The molecule has 27 heavy (non-hydrogen) atoms. The van der Waals surface area contributed by atoms with Crippen LogP contribution in [0.5, 0.6) is 0 Å². The van der Waals surface area contributed by atoms with Gasteiger partial charge < -0.3 is 5.11 Å². The number of halogens is 1. The molecular weight excluding hydrogens is 363 g/mol. The summed E-state index contributed by atoms with van der Waals surface area (Å²) < 4.78 is 16.2. The smallest absolute Gasteiger partial charge is 0.234 e. The first kappa shape index (κ1) is 17.3. The van der Waals surface area contributed by atoms with E-state index in [1.165, 1.54) is 17.4 Å². The van der Waals surface area contributed by atoms with Crippen molar-refractivity contribution >= 4 is 17.1 Å². The molecule has 3 aromatic heterocycles. The third-order valence-corrected chi connectivity index (χ3v) is 5.14. The van der Waals surface area contributed by atoms with Gasteiger partial charge in [0.05, 0.1) is 17.6 Å². The zero-order chi connectivity index (χ0) is 19.2. The minimum atomic E-state index is -1.07. The van der Waals surface area contributed by atoms with Crippen molar-refractivity contribution in [1.29, 1.82) is 5.26 Å². The van der Waals surface area contributed by atoms with Gasteiger partial charge >= 0.3 is 0 Å². The van der Waals surface area contributed by atoms with Gasteiger partial charge in [0.25, 0.3) is 0 Å². The van der Waals surface area contributed by atoms with Crippen LogP contribution in [0.25, 0.3) is 28.2 Å². The second-order valence-electron chi connectivity index (χ2n) is 6.66. The van der Waals surface area contributed by atoms with E-state index in [1.807, 2.05) is 0 Å². The van der Waals surface area contributed by atoms with Crippen LogP contribution in [0, 0.1) is 17.1 Å². The molecule has 0 saturated carbocycles. The predicted octanol–water partition coefficient (Wildman–Crippen LogP) is 4.36. The summed E-state index contributed by atoms with van der Waals surface area (Å²) in [5, 5.41) is 21.1. The lowest BCUT2D eigenvalue weighted by molar-refractivity contribution is 0.0739. The minimum Gasteiger partial charge on any atom is -0.384 e. The Morgan fingerprint density at radius 2 is 2.04 bits per heavy atom. The SMILES string of the molecule is CC(C)(O)c1ccn2c(-c3ccc(F)c(-c4ccsc4C#N)c3)cnc2n1. The molecule has 0 saturated heterocycles. The van der Waals surface area contributed by atoms with Crippen molar-refractivity contribution in [3.05, 3.63) is 64.5 Å². The first-order valence-corrected chi connectivity index (χ1v) is 9.11. The van der Waals surface area contributed by atoms with E-state index in [9.17, 15) is 14.8 Å².